The fourth-order valence-corrected chi connectivity index (χ4v) is 3.13. The van der Waals surface area contributed by atoms with Crippen molar-refractivity contribution in [3.05, 3.63) is 23.2 Å². The molecule has 0 aliphatic rings. The lowest BCUT2D eigenvalue weighted by Gasteiger charge is -2.14. The van der Waals surface area contributed by atoms with Gasteiger partial charge in [0.05, 0.1) is 15.6 Å². The molecule has 0 radical (unpaired) electrons. The number of nitrogen functional groups attached to an aromatic ring is 1. The Bertz CT molecular complexity index is 503. The van der Waals surface area contributed by atoms with Crippen LogP contribution >= 0.6 is 11.6 Å². The first-order chi connectivity index (χ1) is 8.36. The number of hydrogen-bond donors (Lipinski definition) is 2. The van der Waals surface area contributed by atoms with E-state index >= 15 is 0 Å². The predicted molar refractivity (Wildman–Crippen MR) is 75.2 cm³/mol. The molecule has 0 spiro atoms. The maximum atomic E-state index is 12.1. The van der Waals surface area contributed by atoms with Gasteiger partial charge in [-0.05, 0) is 31.5 Å². The molecule has 1 rings (SSSR count). The Morgan fingerprint density at radius 3 is 2.67 bits per heavy atom. The van der Waals surface area contributed by atoms with E-state index in [0.717, 1.165) is 19.3 Å². The van der Waals surface area contributed by atoms with E-state index in [2.05, 4.69) is 11.6 Å². The highest BCUT2D eigenvalue weighted by atomic mass is 35.5. The molecule has 0 fully saturated rings. The summed E-state index contributed by atoms with van der Waals surface area (Å²) in [6, 6.07) is 4.22. The van der Waals surface area contributed by atoms with Gasteiger partial charge in [0.25, 0.3) is 0 Å². The van der Waals surface area contributed by atoms with Gasteiger partial charge in [0.1, 0.15) is 0 Å². The van der Waals surface area contributed by atoms with Crippen LogP contribution in [-0.4, -0.2) is 14.5 Å². The molecule has 6 heteroatoms. The van der Waals surface area contributed by atoms with Gasteiger partial charge in [-0.3, -0.25) is 0 Å². The molecule has 0 bridgehead atoms. The van der Waals surface area contributed by atoms with E-state index in [0.29, 0.717) is 5.69 Å². The summed E-state index contributed by atoms with van der Waals surface area (Å²) in [7, 11) is -3.52. The topological polar surface area (TPSA) is 72.2 Å². The molecule has 1 atom stereocenters. The predicted octanol–water partition coefficient (Wildman–Crippen LogP) is 2.78. The number of anilines is 1. The second-order valence-electron chi connectivity index (χ2n) is 4.35. The van der Waals surface area contributed by atoms with Crippen LogP contribution in [0.1, 0.15) is 33.1 Å². The zero-order valence-electron chi connectivity index (χ0n) is 10.6. The summed E-state index contributed by atoms with van der Waals surface area (Å²) in [5.41, 5.74) is 5.92. The molecular formula is C12H19ClN2O2S. The summed E-state index contributed by atoms with van der Waals surface area (Å²) in [4.78, 5) is 0.144. The van der Waals surface area contributed by atoms with Crippen molar-refractivity contribution in [2.45, 2.75) is 44.0 Å². The first kappa shape index (κ1) is 15.3. The number of hydrogen-bond acceptors (Lipinski definition) is 3. The minimum atomic E-state index is -3.52. The molecule has 1 aromatic carbocycles. The largest absolute Gasteiger partial charge is 0.398 e. The third-order valence-electron chi connectivity index (χ3n) is 2.63. The monoisotopic (exact) mass is 290 g/mol. The molecule has 1 aromatic rings. The van der Waals surface area contributed by atoms with Crippen LogP contribution in [0, 0.1) is 0 Å². The lowest BCUT2D eigenvalue weighted by Crippen LogP contribution is -2.32. The van der Waals surface area contributed by atoms with Crippen molar-refractivity contribution in [1.82, 2.24) is 4.72 Å². The fraction of sp³-hybridized carbons (Fsp3) is 0.500. The number of sulfonamides is 1. The first-order valence-corrected chi connectivity index (χ1v) is 7.80. The molecule has 18 heavy (non-hydrogen) atoms. The molecule has 0 amide bonds. The summed E-state index contributed by atoms with van der Waals surface area (Å²) < 4.78 is 26.7. The van der Waals surface area contributed by atoms with Gasteiger partial charge < -0.3 is 5.73 Å². The van der Waals surface area contributed by atoms with E-state index in [1.807, 2.05) is 6.92 Å². The molecule has 3 N–H and O–H groups in total. The summed E-state index contributed by atoms with van der Waals surface area (Å²) >= 11 is 5.82. The maximum absolute atomic E-state index is 12.1. The minimum absolute atomic E-state index is 0.0914. The molecule has 0 heterocycles. The van der Waals surface area contributed by atoms with E-state index in [1.54, 1.807) is 0 Å². The van der Waals surface area contributed by atoms with E-state index in [-0.39, 0.29) is 16.0 Å². The van der Waals surface area contributed by atoms with Crippen molar-refractivity contribution >= 4 is 27.3 Å². The van der Waals surface area contributed by atoms with E-state index in [1.165, 1.54) is 18.2 Å². The average molecular weight is 291 g/mol. The smallest absolute Gasteiger partial charge is 0.240 e. The standard InChI is InChI=1S/C12H19ClN2O2S/c1-3-4-5-9(2)15-18(16,17)10-6-7-12(14)11(13)8-10/h6-9,15H,3-5,14H2,1-2H3. The van der Waals surface area contributed by atoms with Gasteiger partial charge in [-0.25, -0.2) is 13.1 Å². The van der Waals surface area contributed by atoms with Crippen molar-refractivity contribution < 1.29 is 8.42 Å². The van der Waals surface area contributed by atoms with Crippen molar-refractivity contribution in [3.8, 4) is 0 Å². The summed E-state index contributed by atoms with van der Waals surface area (Å²) in [5.74, 6) is 0. The molecule has 0 saturated heterocycles. The van der Waals surface area contributed by atoms with Gasteiger partial charge in [0.15, 0.2) is 0 Å². The summed E-state index contributed by atoms with van der Waals surface area (Å²) in [6.07, 6.45) is 2.85. The SMILES string of the molecule is CCCCC(C)NS(=O)(=O)c1ccc(N)c(Cl)c1. The maximum Gasteiger partial charge on any atom is 0.240 e. The molecule has 0 aromatic heterocycles. The third kappa shape index (κ3) is 4.15. The van der Waals surface area contributed by atoms with Gasteiger partial charge in [-0.1, -0.05) is 31.4 Å². The van der Waals surface area contributed by atoms with Crippen LogP contribution in [0.2, 0.25) is 5.02 Å². The van der Waals surface area contributed by atoms with Gasteiger partial charge in [0.2, 0.25) is 10.0 Å². The lowest BCUT2D eigenvalue weighted by atomic mass is 10.2. The molecule has 4 nitrogen and oxygen atoms in total. The highest BCUT2D eigenvalue weighted by molar-refractivity contribution is 7.89. The Kier molecular flexibility index (Phi) is 5.44. The average Bonchev–Trinajstić information content (AvgIpc) is 2.29. The van der Waals surface area contributed by atoms with Crippen molar-refractivity contribution in [2.75, 3.05) is 5.73 Å². The number of halogens is 1. The van der Waals surface area contributed by atoms with Crippen LogP contribution in [-0.2, 0) is 10.0 Å². The normalized spacial score (nSPS) is 13.5. The van der Waals surface area contributed by atoms with Gasteiger partial charge in [-0.15, -0.1) is 0 Å². The Labute approximate surface area is 114 Å². The minimum Gasteiger partial charge on any atom is -0.398 e. The number of benzene rings is 1. The van der Waals surface area contributed by atoms with Crippen molar-refractivity contribution in [2.24, 2.45) is 0 Å². The van der Waals surface area contributed by atoms with Crippen LogP contribution in [0.5, 0.6) is 0 Å². The fourth-order valence-electron chi connectivity index (χ4n) is 1.58. The highest BCUT2D eigenvalue weighted by Crippen LogP contribution is 2.22. The van der Waals surface area contributed by atoms with E-state index in [4.69, 9.17) is 17.3 Å². The van der Waals surface area contributed by atoms with E-state index in [9.17, 15) is 8.42 Å². The van der Waals surface area contributed by atoms with Crippen LogP contribution in [0.15, 0.2) is 23.1 Å². The van der Waals surface area contributed by atoms with Crippen LogP contribution in [0.25, 0.3) is 0 Å². The van der Waals surface area contributed by atoms with Gasteiger partial charge in [0, 0.05) is 6.04 Å². The summed E-state index contributed by atoms with van der Waals surface area (Å²) in [5, 5.41) is 0.249. The Balaban J connectivity index is 2.83. The van der Waals surface area contributed by atoms with Crippen molar-refractivity contribution in [3.63, 3.8) is 0 Å². The Morgan fingerprint density at radius 1 is 1.44 bits per heavy atom. The molecule has 1 unspecified atom stereocenters. The number of rotatable bonds is 6. The molecule has 102 valence electrons. The van der Waals surface area contributed by atoms with E-state index < -0.39 is 10.0 Å². The quantitative estimate of drug-likeness (QED) is 0.791. The first-order valence-electron chi connectivity index (χ1n) is 5.94. The summed E-state index contributed by atoms with van der Waals surface area (Å²) in [6.45, 7) is 3.92. The third-order valence-corrected chi connectivity index (χ3v) is 4.54. The van der Waals surface area contributed by atoms with Crippen LogP contribution < -0.4 is 10.5 Å². The molecule has 0 aliphatic heterocycles. The molecule has 0 aliphatic carbocycles. The second kappa shape index (κ2) is 6.41. The molecular weight excluding hydrogens is 272 g/mol. The second-order valence-corrected chi connectivity index (χ2v) is 6.47. The number of unbranched alkanes of at least 4 members (excludes halogenated alkanes) is 1. The Morgan fingerprint density at radius 2 is 2.11 bits per heavy atom. The Hall–Kier alpha value is -0.780. The number of nitrogens with two attached hydrogens (primary N) is 1. The highest BCUT2D eigenvalue weighted by Gasteiger charge is 2.17. The zero-order chi connectivity index (χ0) is 13.8. The van der Waals surface area contributed by atoms with Crippen LogP contribution in [0.4, 0.5) is 5.69 Å². The zero-order valence-corrected chi connectivity index (χ0v) is 12.2. The lowest BCUT2D eigenvalue weighted by molar-refractivity contribution is 0.534. The number of nitrogens with one attached hydrogen (secondary N) is 1. The van der Waals surface area contributed by atoms with Gasteiger partial charge in [-0.2, -0.15) is 0 Å². The van der Waals surface area contributed by atoms with Crippen LogP contribution in [0.3, 0.4) is 0 Å². The van der Waals surface area contributed by atoms with Gasteiger partial charge >= 0.3 is 0 Å². The molecule has 0 saturated carbocycles. The van der Waals surface area contributed by atoms with Crippen molar-refractivity contribution in [1.29, 1.82) is 0 Å².